The minimum absolute atomic E-state index is 0.176. The maximum absolute atomic E-state index is 12.9. The van der Waals surface area contributed by atoms with Crippen molar-refractivity contribution in [2.24, 2.45) is 0 Å². The van der Waals surface area contributed by atoms with Crippen LogP contribution in [0.4, 0.5) is 4.39 Å². The van der Waals surface area contributed by atoms with Gasteiger partial charge in [-0.2, -0.15) is 9.37 Å². The fourth-order valence-electron chi connectivity index (χ4n) is 1.68. The number of aromatic nitrogens is 1. The first-order chi connectivity index (χ1) is 7.55. The monoisotopic (exact) mass is 225 g/mol. The summed E-state index contributed by atoms with van der Waals surface area (Å²) < 4.78 is 23.1. The van der Waals surface area contributed by atoms with Crippen molar-refractivity contribution in [1.29, 1.82) is 0 Å². The summed E-state index contributed by atoms with van der Waals surface area (Å²) in [6, 6.07) is 2.82. The van der Waals surface area contributed by atoms with Gasteiger partial charge >= 0.3 is 5.97 Å². The highest BCUT2D eigenvalue weighted by molar-refractivity contribution is 5.81. The summed E-state index contributed by atoms with van der Waals surface area (Å²) in [5.41, 5.74) is -0.365. The zero-order valence-electron chi connectivity index (χ0n) is 9.12. The number of fused-ring (bicyclic) bond motifs is 1. The van der Waals surface area contributed by atoms with Gasteiger partial charge in [-0.05, 0) is 26.0 Å². The topological polar surface area (TPSA) is 48.4 Å². The molecule has 0 bridgehead atoms. The van der Waals surface area contributed by atoms with E-state index in [1.807, 2.05) is 0 Å². The molecule has 0 amide bonds. The maximum Gasteiger partial charge on any atom is 0.350 e. The molecule has 86 valence electrons. The Kier molecular flexibility index (Phi) is 2.53. The Morgan fingerprint density at radius 1 is 1.69 bits per heavy atom. The Balaban J connectivity index is 2.24. The van der Waals surface area contributed by atoms with Crippen LogP contribution in [0.3, 0.4) is 0 Å². The predicted octanol–water partition coefficient (Wildman–Crippen LogP) is 1.48. The van der Waals surface area contributed by atoms with E-state index in [2.05, 4.69) is 4.98 Å². The Morgan fingerprint density at radius 3 is 3.12 bits per heavy atom. The van der Waals surface area contributed by atoms with Gasteiger partial charge in [0.1, 0.15) is 0 Å². The molecule has 16 heavy (non-hydrogen) atoms. The average Bonchev–Trinajstić information content (AvgIpc) is 2.55. The molecule has 0 aliphatic carbocycles. The Hall–Kier alpha value is -1.65. The molecule has 0 aromatic carbocycles. The van der Waals surface area contributed by atoms with E-state index in [1.54, 1.807) is 19.9 Å². The molecule has 1 aliphatic heterocycles. The third-order valence-corrected chi connectivity index (χ3v) is 2.46. The number of pyridine rings is 1. The molecule has 0 fully saturated rings. The summed E-state index contributed by atoms with van der Waals surface area (Å²) in [5.74, 6) is -0.893. The third kappa shape index (κ3) is 1.73. The number of carbonyl (C=O) groups excluding carboxylic acids is 1. The second-order valence-corrected chi connectivity index (χ2v) is 3.83. The standard InChI is InChI=1S/C11H12FNO3/c1-3-15-10(14)11(2)6-7-4-5-8(12)13-9(7)16-11/h4-5H,3,6H2,1-2H3. The first-order valence-electron chi connectivity index (χ1n) is 5.07. The molecule has 0 saturated heterocycles. The van der Waals surface area contributed by atoms with Gasteiger partial charge in [0, 0.05) is 12.0 Å². The molecule has 4 nitrogen and oxygen atoms in total. The molecule has 1 unspecified atom stereocenters. The minimum atomic E-state index is -1.08. The number of nitrogens with zero attached hydrogens (tertiary/aromatic N) is 1. The van der Waals surface area contributed by atoms with Gasteiger partial charge in [0.15, 0.2) is 0 Å². The van der Waals surface area contributed by atoms with Gasteiger partial charge in [0.2, 0.25) is 17.4 Å². The van der Waals surface area contributed by atoms with Gasteiger partial charge in [-0.1, -0.05) is 0 Å². The van der Waals surface area contributed by atoms with E-state index in [4.69, 9.17) is 9.47 Å². The number of halogens is 1. The fourth-order valence-corrected chi connectivity index (χ4v) is 1.68. The van der Waals surface area contributed by atoms with Crippen molar-refractivity contribution in [2.45, 2.75) is 25.9 Å². The largest absolute Gasteiger partial charge is 0.463 e. The number of ether oxygens (including phenoxy) is 2. The van der Waals surface area contributed by atoms with E-state index < -0.39 is 17.5 Å². The molecule has 0 spiro atoms. The molecule has 1 aromatic heterocycles. The Labute approximate surface area is 92.4 Å². The lowest BCUT2D eigenvalue weighted by atomic mass is 10.0. The molecular weight excluding hydrogens is 213 g/mol. The molecule has 1 aliphatic rings. The number of hydrogen-bond acceptors (Lipinski definition) is 4. The first kappa shape index (κ1) is 10.9. The number of esters is 1. The van der Waals surface area contributed by atoms with Gasteiger partial charge in [-0.25, -0.2) is 4.79 Å². The Morgan fingerprint density at radius 2 is 2.44 bits per heavy atom. The van der Waals surface area contributed by atoms with Crippen molar-refractivity contribution in [3.8, 4) is 5.88 Å². The first-order valence-corrected chi connectivity index (χ1v) is 5.07. The SMILES string of the molecule is CCOC(=O)C1(C)Cc2ccc(F)nc2O1. The van der Waals surface area contributed by atoms with Crippen molar-refractivity contribution in [3.63, 3.8) is 0 Å². The summed E-state index contributed by atoms with van der Waals surface area (Å²) in [6.07, 6.45) is 0.356. The summed E-state index contributed by atoms with van der Waals surface area (Å²) in [6.45, 7) is 3.63. The summed E-state index contributed by atoms with van der Waals surface area (Å²) in [4.78, 5) is 15.2. The smallest absolute Gasteiger partial charge is 0.350 e. The van der Waals surface area contributed by atoms with E-state index in [0.717, 1.165) is 5.56 Å². The number of hydrogen-bond donors (Lipinski definition) is 0. The second-order valence-electron chi connectivity index (χ2n) is 3.83. The van der Waals surface area contributed by atoms with Crippen LogP contribution >= 0.6 is 0 Å². The lowest BCUT2D eigenvalue weighted by Gasteiger charge is -2.20. The lowest BCUT2D eigenvalue weighted by molar-refractivity contribution is -0.158. The maximum atomic E-state index is 12.9. The molecule has 0 saturated carbocycles. The van der Waals surface area contributed by atoms with Crippen LogP contribution in [0.2, 0.25) is 0 Å². The van der Waals surface area contributed by atoms with Crippen molar-refractivity contribution in [2.75, 3.05) is 6.61 Å². The van der Waals surface area contributed by atoms with Crippen LogP contribution in [0, 0.1) is 5.95 Å². The van der Waals surface area contributed by atoms with Crippen LogP contribution in [0.1, 0.15) is 19.4 Å². The molecule has 5 heteroatoms. The van der Waals surface area contributed by atoms with Gasteiger partial charge in [0.05, 0.1) is 6.61 Å². The number of carbonyl (C=O) groups is 1. The van der Waals surface area contributed by atoms with E-state index in [0.29, 0.717) is 6.42 Å². The normalized spacial score (nSPS) is 22.4. The van der Waals surface area contributed by atoms with Crippen molar-refractivity contribution >= 4 is 5.97 Å². The second kappa shape index (κ2) is 3.73. The molecular formula is C11H12FNO3. The molecule has 1 aromatic rings. The zero-order valence-corrected chi connectivity index (χ0v) is 9.12. The van der Waals surface area contributed by atoms with Gasteiger partial charge in [-0.3, -0.25) is 0 Å². The molecule has 2 heterocycles. The quantitative estimate of drug-likeness (QED) is 0.565. The van der Waals surface area contributed by atoms with E-state index in [1.165, 1.54) is 6.07 Å². The third-order valence-electron chi connectivity index (χ3n) is 2.46. The van der Waals surface area contributed by atoms with Crippen molar-refractivity contribution in [1.82, 2.24) is 4.98 Å². The highest BCUT2D eigenvalue weighted by atomic mass is 19.1. The van der Waals surface area contributed by atoms with Gasteiger partial charge in [-0.15, -0.1) is 0 Å². The van der Waals surface area contributed by atoms with Crippen LogP contribution in [-0.2, 0) is 16.0 Å². The summed E-state index contributed by atoms with van der Waals surface area (Å²) in [7, 11) is 0. The summed E-state index contributed by atoms with van der Waals surface area (Å²) in [5, 5.41) is 0. The highest BCUT2D eigenvalue weighted by Gasteiger charge is 2.44. The number of rotatable bonds is 2. The summed E-state index contributed by atoms with van der Waals surface area (Å²) >= 11 is 0. The van der Waals surface area contributed by atoms with Crippen molar-refractivity contribution < 1.29 is 18.7 Å². The van der Waals surface area contributed by atoms with Gasteiger partial charge in [0.25, 0.3) is 0 Å². The predicted molar refractivity (Wildman–Crippen MR) is 53.6 cm³/mol. The molecule has 0 N–H and O–H groups in total. The van der Waals surface area contributed by atoms with E-state index in [9.17, 15) is 9.18 Å². The average molecular weight is 225 g/mol. The van der Waals surface area contributed by atoms with Gasteiger partial charge < -0.3 is 9.47 Å². The molecule has 2 rings (SSSR count). The molecule has 1 atom stereocenters. The van der Waals surface area contributed by atoms with Crippen LogP contribution in [0.25, 0.3) is 0 Å². The Bertz CT molecular complexity index is 435. The fraction of sp³-hybridized carbons (Fsp3) is 0.455. The lowest BCUT2D eigenvalue weighted by Crippen LogP contribution is -2.41. The van der Waals surface area contributed by atoms with E-state index in [-0.39, 0.29) is 12.5 Å². The van der Waals surface area contributed by atoms with Crippen LogP contribution in [-0.4, -0.2) is 23.2 Å². The highest BCUT2D eigenvalue weighted by Crippen LogP contribution is 2.34. The molecule has 0 radical (unpaired) electrons. The van der Waals surface area contributed by atoms with E-state index >= 15 is 0 Å². The minimum Gasteiger partial charge on any atom is -0.463 e. The zero-order chi connectivity index (χ0) is 11.8. The van der Waals surface area contributed by atoms with Crippen molar-refractivity contribution in [3.05, 3.63) is 23.6 Å². The van der Waals surface area contributed by atoms with Crippen LogP contribution < -0.4 is 4.74 Å². The van der Waals surface area contributed by atoms with Crippen LogP contribution in [0.5, 0.6) is 5.88 Å². The van der Waals surface area contributed by atoms with Crippen LogP contribution in [0.15, 0.2) is 12.1 Å².